The summed E-state index contributed by atoms with van der Waals surface area (Å²) in [5.74, 6) is -1.49. The fourth-order valence-corrected chi connectivity index (χ4v) is 2.05. The zero-order valence-corrected chi connectivity index (χ0v) is 10.5. The minimum absolute atomic E-state index is 0.199. The Morgan fingerprint density at radius 1 is 1.50 bits per heavy atom. The average Bonchev–Trinajstić information content (AvgIpc) is 2.41. The molecule has 1 unspecified atom stereocenters. The van der Waals surface area contributed by atoms with Gasteiger partial charge in [-0.2, -0.15) is 0 Å². The van der Waals surface area contributed by atoms with Crippen LogP contribution in [0.1, 0.15) is 23.2 Å². The lowest BCUT2D eigenvalue weighted by Crippen LogP contribution is -2.44. The summed E-state index contributed by atoms with van der Waals surface area (Å²) in [6.07, 6.45) is 1.38. The summed E-state index contributed by atoms with van der Waals surface area (Å²) in [5.41, 5.74) is -0.330. The molecule has 0 bridgehead atoms. The minimum Gasteiger partial charge on any atom is -0.478 e. The van der Waals surface area contributed by atoms with Crippen molar-refractivity contribution in [2.24, 2.45) is 0 Å². The molecule has 8 nitrogen and oxygen atoms in total. The molecule has 1 aliphatic heterocycles. The summed E-state index contributed by atoms with van der Waals surface area (Å²) in [7, 11) is 0. The summed E-state index contributed by atoms with van der Waals surface area (Å²) in [6.45, 7) is 0.600. The average molecular weight is 279 g/mol. The summed E-state index contributed by atoms with van der Waals surface area (Å²) in [4.78, 5) is 32.8. The van der Waals surface area contributed by atoms with Crippen LogP contribution in [0.4, 0.5) is 11.4 Å². The zero-order valence-electron chi connectivity index (χ0n) is 10.5. The normalized spacial score (nSPS) is 18.2. The van der Waals surface area contributed by atoms with E-state index in [2.05, 4.69) is 10.6 Å². The molecule has 1 saturated heterocycles. The molecule has 1 fully saturated rings. The third-order valence-electron chi connectivity index (χ3n) is 3.06. The molecule has 0 saturated carbocycles. The Hall–Kier alpha value is -2.64. The lowest BCUT2D eigenvalue weighted by molar-refractivity contribution is -0.384. The summed E-state index contributed by atoms with van der Waals surface area (Å²) >= 11 is 0. The first-order valence-electron chi connectivity index (χ1n) is 6.05. The number of carboxylic acids is 1. The highest BCUT2D eigenvalue weighted by Gasteiger charge is 2.24. The molecule has 1 aromatic rings. The van der Waals surface area contributed by atoms with Crippen LogP contribution in [0, 0.1) is 10.1 Å². The maximum atomic E-state index is 11.6. The second-order valence-electron chi connectivity index (χ2n) is 4.42. The Labute approximate surface area is 113 Å². The maximum Gasteiger partial charge on any atom is 0.338 e. The molecule has 0 aromatic heterocycles. The van der Waals surface area contributed by atoms with Crippen LogP contribution in [0.15, 0.2) is 18.2 Å². The SMILES string of the molecule is O=C(O)c1cc([N+](=O)[O-])ccc1NC1CCCNC1=O. The number of hydrogen-bond acceptors (Lipinski definition) is 5. The van der Waals surface area contributed by atoms with Crippen LogP contribution in [0.2, 0.25) is 0 Å². The number of carbonyl (C=O) groups is 2. The third kappa shape index (κ3) is 2.85. The molecule has 1 aliphatic rings. The number of nitro groups is 1. The molecule has 0 aliphatic carbocycles. The van der Waals surface area contributed by atoms with E-state index in [0.29, 0.717) is 13.0 Å². The number of benzene rings is 1. The molecule has 106 valence electrons. The molecule has 1 atom stereocenters. The number of amides is 1. The number of aromatic carboxylic acids is 1. The number of carboxylic acid groups (broad SMARTS) is 1. The molecular formula is C12H13N3O5. The van der Waals surface area contributed by atoms with Crippen molar-refractivity contribution < 1.29 is 19.6 Å². The molecular weight excluding hydrogens is 266 g/mol. The van der Waals surface area contributed by atoms with Gasteiger partial charge < -0.3 is 15.7 Å². The number of nitro benzene ring substituents is 1. The van der Waals surface area contributed by atoms with E-state index in [0.717, 1.165) is 12.5 Å². The molecule has 8 heteroatoms. The molecule has 1 aromatic carbocycles. The van der Waals surface area contributed by atoms with Gasteiger partial charge in [-0.05, 0) is 18.9 Å². The Morgan fingerprint density at radius 3 is 2.85 bits per heavy atom. The Bertz CT molecular complexity index is 572. The third-order valence-corrected chi connectivity index (χ3v) is 3.06. The van der Waals surface area contributed by atoms with Gasteiger partial charge in [0.1, 0.15) is 6.04 Å². The topological polar surface area (TPSA) is 122 Å². The molecule has 0 radical (unpaired) electrons. The number of rotatable bonds is 4. The van der Waals surface area contributed by atoms with Crippen LogP contribution in [-0.4, -0.2) is 34.5 Å². The predicted molar refractivity (Wildman–Crippen MR) is 69.7 cm³/mol. The van der Waals surface area contributed by atoms with Gasteiger partial charge in [0.2, 0.25) is 5.91 Å². The van der Waals surface area contributed by atoms with Gasteiger partial charge in [0.15, 0.2) is 0 Å². The second kappa shape index (κ2) is 5.55. The lowest BCUT2D eigenvalue weighted by atomic mass is 10.0. The quantitative estimate of drug-likeness (QED) is 0.558. The highest BCUT2D eigenvalue weighted by molar-refractivity contribution is 5.96. The van der Waals surface area contributed by atoms with Crippen LogP contribution < -0.4 is 10.6 Å². The standard InChI is InChI=1S/C12H13N3O5/c16-11-10(2-1-5-13-11)14-9-4-3-7(15(19)20)6-8(9)12(17)18/h3-4,6,10,14H,1-2,5H2,(H,13,16)(H,17,18). The van der Waals surface area contributed by atoms with Crippen molar-refractivity contribution >= 4 is 23.3 Å². The number of non-ortho nitro benzene ring substituents is 1. The molecule has 0 spiro atoms. The van der Waals surface area contributed by atoms with Crippen molar-refractivity contribution in [3.63, 3.8) is 0 Å². The fourth-order valence-electron chi connectivity index (χ4n) is 2.05. The number of nitrogens with one attached hydrogen (secondary N) is 2. The van der Waals surface area contributed by atoms with Crippen LogP contribution in [0.5, 0.6) is 0 Å². The van der Waals surface area contributed by atoms with E-state index in [4.69, 9.17) is 5.11 Å². The van der Waals surface area contributed by atoms with Gasteiger partial charge >= 0.3 is 5.97 Å². The van der Waals surface area contributed by atoms with Gasteiger partial charge in [-0.1, -0.05) is 0 Å². The van der Waals surface area contributed by atoms with Gasteiger partial charge in [0, 0.05) is 24.4 Å². The predicted octanol–water partition coefficient (Wildman–Crippen LogP) is 0.983. The van der Waals surface area contributed by atoms with Gasteiger partial charge in [0.05, 0.1) is 10.5 Å². The maximum absolute atomic E-state index is 11.6. The minimum atomic E-state index is -1.28. The van der Waals surface area contributed by atoms with Crippen molar-refractivity contribution in [2.45, 2.75) is 18.9 Å². The van der Waals surface area contributed by atoms with E-state index >= 15 is 0 Å². The van der Waals surface area contributed by atoms with Crippen LogP contribution in [-0.2, 0) is 4.79 Å². The zero-order chi connectivity index (χ0) is 14.7. The number of nitrogens with zero attached hydrogens (tertiary/aromatic N) is 1. The Balaban J connectivity index is 2.28. The van der Waals surface area contributed by atoms with Crippen molar-refractivity contribution in [3.8, 4) is 0 Å². The van der Waals surface area contributed by atoms with Gasteiger partial charge in [-0.15, -0.1) is 0 Å². The largest absolute Gasteiger partial charge is 0.478 e. The smallest absolute Gasteiger partial charge is 0.338 e. The van der Waals surface area contributed by atoms with Crippen LogP contribution >= 0.6 is 0 Å². The van der Waals surface area contributed by atoms with Gasteiger partial charge in [-0.3, -0.25) is 14.9 Å². The lowest BCUT2D eigenvalue weighted by Gasteiger charge is -2.24. The molecule has 3 N–H and O–H groups in total. The van der Waals surface area contributed by atoms with Gasteiger partial charge in [-0.25, -0.2) is 4.79 Å². The van der Waals surface area contributed by atoms with E-state index in [1.165, 1.54) is 12.1 Å². The summed E-state index contributed by atoms with van der Waals surface area (Å²) in [6, 6.07) is 2.97. The molecule has 20 heavy (non-hydrogen) atoms. The number of hydrogen-bond donors (Lipinski definition) is 3. The van der Waals surface area contributed by atoms with Crippen molar-refractivity contribution in [2.75, 3.05) is 11.9 Å². The second-order valence-corrected chi connectivity index (χ2v) is 4.42. The molecule has 1 heterocycles. The first-order valence-corrected chi connectivity index (χ1v) is 6.05. The number of piperidine rings is 1. The number of carbonyl (C=O) groups excluding carboxylic acids is 1. The first kappa shape index (κ1) is 13.8. The number of anilines is 1. The van der Waals surface area contributed by atoms with Crippen molar-refractivity contribution in [1.82, 2.24) is 5.32 Å². The Morgan fingerprint density at radius 2 is 2.25 bits per heavy atom. The van der Waals surface area contributed by atoms with E-state index in [1.54, 1.807) is 0 Å². The Kier molecular flexibility index (Phi) is 3.83. The van der Waals surface area contributed by atoms with E-state index in [9.17, 15) is 19.7 Å². The molecule has 2 rings (SSSR count). The summed E-state index contributed by atoms with van der Waals surface area (Å²) in [5, 5.41) is 25.3. The van der Waals surface area contributed by atoms with E-state index in [-0.39, 0.29) is 22.8 Å². The van der Waals surface area contributed by atoms with Crippen molar-refractivity contribution in [1.29, 1.82) is 0 Å². The first-order chi connectivity index (χ1) is 9.49. The van der Waals surface area contributed by atoms with E-state index in [1.807, 2.05) is 0 Å². The highest BCUT2D eigenvalue weighted by Crippen LogP contribution is 2.24. The van der Waals surface area contributed by atoms with Crippen LogP contribution in [0.25, 0.3) is 0 Å². The highest BCUT2D eigenvalue weighted by atomic mass is 16.6. The van der Waals surface area contributed by atoms with E-state index < -0.39 is 16.9 Å². The summed E-state index contributed by atoms with van der Waals surface area (Å²) < 4.78 is 0. The monoisotopic (exact) mass is 279 g/mol. The fraction of sp³-hybridized carbons (Fsp3) is 0.333. The van der Waals surface area contributed by atoms with Crippen molar-refractivity contribution in [3.05, 3.63) is 33.9 Å². The van der Waals surface area contributed by atoms with Crippen LogP contribution in [0.3, 0.4) is 0 Å². The molecule has 1 amide bonds. The van der Waals surface area contributed by atoms with Gasteiger partial charge in [0.25, 0.3) is 5.69 Å².